The molecular weight excluding hydrogens is 356 g/mol. The quantitative estimate of drug-likeness (QED) is 0.487. The number of rotatable bonds is 6. The molecule has 0 fully saturated rings. The Labute approximate surface area is 161 Å². The molecule has 8 heteroatoms. The van der Waals surface area contributed by atoms with Crippen molar-refractivity contribution in [2.24, 2.45) is 17.2 Å². The first-order chi connectivity index (χ1) is 13.5. The SMILES string of the molecule is N/C=C\c1cccc(-c2cccc(-n3cc(NC(N)=O)c(C(=O)CN)n3)c2)c1. The Hall–Kier alpha value is -3.91. The predicted octanol–water partition coefficient (Wildman–Crippen LogP) is 2.10. The topological polar surface area (TPSA) is 142 Å². The summed E-state index contributed by atoms with van der Waals surface area (Å²) in [4.78, 5) is 23.3. The molecule has 2 aromatic carbocycles. The van der Waals surface area contributed by atoms with Gasteiger partial charge in [0.2, 0.25) is 0 Å². The molecule has 7 N–H and O–H groups in total. The second-order valence-electron chi connectivity index (χ2n) is 5.99. The van der Waals surface area contributed by atoms with E-state index < -0.39 is 11.8 Å². The van der Waals surface area contributed by atoms with Crippen molar-refractivity contribution in [3.63, 3.8) is 0 Å². The largest absolute Gasteiger partial charge is 0.405 e. The van der Waals surface area contributed by atoms with Gasteiger partial charge in [-0.15, -0.1) is 0 Å². The number of Topliss-reactive ketones (excluding diaryl/α,β-unsaturated/α-hetero) is 1. The Morgan fingerprint density at radius 1 is 1.11 bits per heavy atom. The summed E-state index contributed by atoms with van der Waals surface area (Å²) in [6.07, 6.45) is 4.83. The minimum Gasteiger partial charge on any atom is -0.405 e. The lowest BCUT2D eigenvalue weighted by atomic mass is 10.0. The van der Waals surface area contributed by atoms with Crippen molar-refractivity contribution in [1.82, 2.24) is 9.78 Å². The third-order valence-corrected chi connectivity index (χ3v) is 4.04. The van der Waals surface area contributed by atoms with Crippen LogP contribution in [0.1, 0.15) is 16.1 Å². The minimum absolute atomic E-state index is 0.0572. The molecule has 0 atom stereocenters. The van der Waals surface area contributed by atoms with Crippen LogP contribution in [0.4, 0.5) is 10.5 Å². The van der Waals surface area contributed by atoms with Crippen LogP contribution in [0.2, 0.25) is 0 Å². The molecule has 8 nitrogen and oxygen atoms in total. The summed E-state index contributed by atoms with van der Waals surface area (Å²) in [5.74, 6) is -0.403. The first kappa shape index (κ1) is 18.9. The van der Waals surface area contributed by atoms with E-state index in [0.717, 1.165) is 16.7 Å². The number of amides is 2. The molecule has 2 amide bonds. The molecule has 0 spiro atoms. The third kappa shape index (κ3) is 4.08. The zero-order chi connectivity index (χ0) is 20.1. The molecule has 0 saturated carbocycles. The fourth-order valence-corrected chi connectivity index (χ4v) is 2.79. The van der Waals surface area contributed by atoms with Gasteiger partial charge in [0.05, 0.1) is 24.1 Å². The number of hydrogen-bond donors (Lipinski definition) is 4. The molecule has 0 aliphatic rings. The molecule has 3 aromatic rings. The lowest BCUT2D eigenvalue weighted by Gasteiger charge is -2.07. The first-order valence-corrected chi connectivity index (χ1v) is 8.50. The Kier molecular flexibility index (Phi) is 5.52. The third-order valence-electron chi connectivity index (χ3n) is 4.04. The molecule has 0 aliphatic heterocycles. The van der Waals surface area contributed by atoms with E-state index in [1.165, 1.54) is 17.1 Å². The maximum atomic E-state index is 12.0. The van der Waals surface area contributed by atoms with Crippen LogP contribution in [0.3, 0.4) is 0 Å². The Morgan fingerprint density at radius 3 is 2.50 bits per heavy atom. The van der Waals surface area contributed by atoms with Crippen LogP contribution in [0.25, 0.3) is 22.9 Å². The second-order valence-corrected chi connectivity index (χ2v) is 5.99. The van der Waals surface area contributed by atoms with Gasteiger partial charge in [-0.1, -0.05) is 30.3 Å². The van der Waals surface area contributed by atoms with Crippen LogP contribution >= 0.6 is 0 Å². The van der Waals surface area contributed by atoms with E-state index in [0.29, 0.717) is 5.69 Å². The van der Waals surface area contributed by atoms with E-state index >= 15 is 0 Å². The maximum Gasteiger partial charge on any atom is 0.316 e. The van der Waals surface area contributed by atoms with Gasteiger partial charge in [-0.3, -0.25) is 4.79 Å². The first-order valence-electron chi connectivity index (χ1n) is 8.50. The van der Waals surface area contributed by atoms with Gasteiger partial charge in [0, 0.05) is 0 Å². The minimum atomic E-state index is -0.788. The second kappa shape index (κ2) is 8.19. The number of hydrogen-bond acceptors (Lipinski definition) is 5. The number of primary amides is 1. The number of nitrogens with zero attached hydrogens (tertiary/aromatic N) is 2. The summed E-state index contributed by atoms with van der Waals surface area (Å²) in [5, 5.41) is 6.68. The van der Waals surface area contributed by atoms with E-state index in [2.05, 4.69) is 10.4 Å². The van der Waals surface area contributed by atoms with E-state index in [1.807, 2.05) is 54.6 Å². The zero-order valence-corrected chi connectivity index (χ0v) is 15.0. The average Bonchev–Trinajstić information content (AvgIpc) is 3.11. The van der Waals surface area contributed by atoms with Gasteiger partial charge >= 0.3 is 6.03 Å². The van der Waals surface area contributed by atoms with Gasteiger partial charge in [0.25, 0.3) is 0 Å². The number of nitrogens with two attached hydrogens (primary N) is 3. The number of benzene rings is 2. The van der Waals surface area contributed by atoms with Crippen molar-refractivity contribution < 1.29 is 9.59 Å². The monoisotopic (exact) mass is 376 g/mol. The number of aromatic nitrogens is 2. The van der Waals surface area contributed by atoms with Crippen molar-refractivity contribution in [3.05, 3.63) is 72.2 Å². The Balaban J connectivity index is 2.02. The van der Waals surface area contributed by atoms with Gasteiger partial charge in [0.15, 0.2) is 11.5 Å². The highest BCUT2D eigenvalue weighted by molar-refractivity contribution is 6.03. The Bertz CT molecular complexity index is 1050. The van der Waals surface area contributed by atoms with Crippen molar-refractivity contribution in [2.75, 3.05) is 11.9 Å². The van der Waals surface area contributed by atoms with E-state index in [4.69, 9.17) is 17.2 Å². The van der Waals surface area contributed by atoms with Crippen molar-refractivity contribution >= 4 is 23.6 Å². The predicted molar refractivity (Wildman–Crippen MR) is 109 cm³/mol. The average molecular weight is 376 g/mol. The highest BCUT2D eigenvalue weighted by atomic mass is 16.2. The van der Waals surface area contributed by atoms with Crippen LogP contribution in [-0.4, -0.2) is 28.1 Å². The van der Waals surface area contributed by atoms with Crippen molar-refractivity contribution in [2.45, 2.75) is 0 Å². The fraction of sp³-hybridized carbons (Fsp3) is 0.0500. The van der Waals surface area contributed by atoms with Crippen LogP contribution in [0.5, 0.6) is 0 Å². The standard InChI is InChI=1S/C20H20N6O2/c21-8-7-13-3-1-4-14(9-13)15-5-2-6-16(10-15)26-12-17(24-20(23)28)19(25-26)18(27)11-22/h1-10,12H,11,21-22H2,(H3,23,24,28)/b8-7-. The molecule has 0 saturated heterocycles. The molecule has 0 unspecified atom stereocenters. The molecule has 0 bridgehead atoms. The van der Waals surface area contributed by atoms with Crippen LogP contribution in [-0.2, 0) is 0 Å². The van der Waals surface area contributed by atoms with Gasteiger partial charge in [0.1, 0.15) is 0 Å². The molecule has 0 aliphatic carbocycles. The van der Waals surface area contributed by atoms with E-state index in [9.17, 15) is 9.59 Å². The molecule has 1 heterocycles. The summed E-state index contributed by atoms with van der Waals surface area (Å²) in [6, 6.07) is 14.7. The highest BCUT2D eigenvalue weighted by Gasteiger charge is 2.17. The van der Waals surface area contributed by atoms with Gasteiger partial charge in [-0.25, -0.2) is 9.48 Å². The summed E-state index contributed by atoms with van der Waals surface area (Å²) >= 11 is 0. The molecule has 1 aromatic heterocycles. The lowest BCUT2D eigenvalue weighted by Crippen LogP contribution is -2.22. The maximum absolute atomic E-state index is 12.0. The lowest BCUT2D eigenvalue weighted by molar-refractivity contribution is 0.0997. The zero-order valence-electron chi connectivity index (χ0n) is 15.0. The molecular formula is C20H20N6O2. The number of ketones is 1. The summed E-state index contributed by atoms with van der Waals surface area (Å²) in [7, 11) is 0. The Morgan fingerprint density at radius 2 is 1.82 bits per heavy atom. The van der Waals surface area contributed by atoms with Crippen molar-refractivity contribution in [1.29, 1.82) is 0 Å². The van der Waals surface area contributed by atoms with E-state index in [-0.39, 0.29) is 17.9 Å². The van der Waals surface area contributed by atoms with Crippen molar-refractivity contribution in [3.8, 4) is 16.8 Å². The van der Waals surface area contributed by atoms with Crippen LogP contribution < -0.4 is 22.5 Å². The van der Waals surface area contributed by atoms with Gasteiger partial charge in [-0.2, -0.15) is 5.10 Å². The van der Waals surface area contributed by atoms with E-state index in [1.54, 1.807) is 0 Å². The van der Waals surface area contributed by atoms with Gasteiger partial charge in [-0.05, 0) is 47.2 Å². The van der Waals surface area contributed by atoms with Crippen LogP contribution in [0.15, 0.2) is 60.9 Å². The molecule has 142 valence electrons. The van der Waals surface area contributed by atoms with Gasteiger partial charge < -0.3 is 22.5 Å². The smallest absolute Gasteiger partial charge is 0.316 e. The summed E-state index contributed by atoms with van der Waals surface area (Å²) < 4.78 is 1.50. The van der Waals surface area contributed by atoms with Crippen LogP contribution in [0, 0.1) is 0 Å². The number of urea groups is 1. The molecule has 28 heavy (non-hydrogen) atoms. The number of carbonyl (C=O) groups excluding carboxylic acids is 2. The number of nitrogens with one attached hydrogen (secondary N) is 1. The molecule has 3 rings (SSSR count). The number of anilines is 1. The highest BCUT2D eigenvalue weighted by Crippen LogP contribution is 2.25. The summed E-state index contributed by atoms with van der Waals surface area (Å²) in [5.41, 5.74) is 20.0. The number of carbonyl (C=O) groups is 2. The fourth-order valence-electron chi connectivity index (χ4n) is 2.79. The normalized spacial score (nSPS) is 10.9. The summed E-state index contributed by atoms with van der Waals surface area (Å²) in [6.45, 7) is -0.230. The molecule has 0 radical (unpaired) electrons.